The van der Waals surface area contributed by atoms with Gasteiger partial charge in [-0.15, -0.1) is 0 Å². The molecule has 4 nitrogen and oxygen atoms in total. The van der Waals surface area contributed by atoms with Gasteiger partial charge in [-0.25, -0.2) is 0 Å². The third kappa shape index (κ3) is 5.04. The number of piperazine rings is 1. The minimum absolute atomic E-state index is 0.287. The first-order chi connectivity index (χ1) is 9.95. The summed E-state index contributed by atoms with van der Waals surface area (Å²) in [6.45, 7) is 12.3. The Labute approximate surface area is 130 Å². The van der Waals surface area contributed by atoms with Crippen molar-refractivity contribution in [2.75, 3.05) is 59.9 Å². The summed E-state index contributed by atoms with van der Waals surface area (Å²) in [5, 5.41) is 0. The molecule has 3 unspecified atom stereocenters. The van der Waals surface area contributed by atoms with Crippen molar-refractivity contribution in [2.45, 2.75) is 26.7 Å². The van der Waals surface area contributed by atoms with E-state index in [0.717, 1.165) is 52.2 Å². The fourth-order valence-electron chi connectivity index (χ4n) is 3.79. The van der Waals surface area contributed by atoms with Crippen molar-refractivity contribution < 1.29 is 4.79 Å². The Morgan fingerprint density at radius 2 is 1.71 bits per heavy atom. The molecule has 0 aromatic rings. The van der Waals surface area contributed by atoms with Gasteiger partial charge < -0.3 is 9.80 Å². The molecule has 0 aromatic heterocycles. The van der Waals surface area contributed by atoms with Crippen LogP contribution in [0.4, 0.5) is 0 Å². The van der Waals surface area contributed by atoms with Gasteiger partial charge in [-0.05, 0) is 32.4 Å². The van der Waals surface area contributed by atoms with Gasteiger partial charge in [0.2, 0.25) is 0 Å². The number of nitrogens with zero attached hydrogens (tertiary/aromatic N) is 3. The molecule has 1 heterocycles. The third-order valence-corrected chi connectivity index (χ3v) is 5.21. The third-order valence-electron chi connectivity index (χ3n) is 5.21. The Kier molecular flexibility index (Phi) is 6.20. The second-order valence-corrected chi connectivity index (χ2v) is 7.54. The molecular formula is C17H33N3O. The highest BCUT2D eigenvalue weighted by Gasteiger charge is 2.34. The van der Waals surface area contributed by atoms with E-state index in [2.05, 4.69) is 42.6 Å². The summed E-state index contributed by atoms with van der Waals surface area (Å²) < 4.78 is 0. The summed E-state index contributed by atoms with van der Waals surface area (Å²) in [6.07, 6.45) is 2.02. The second kappa shape index (κ2) is 7.70. The van der Waals surface area contributed by atoms with Gasteiger partial charge in [-0.2, -0.15) is 0 Å². The summed E-state index contributed by atoms with van der Waals surface area (Å²) in [5.74, 6) is 1.95. The maximum Gasteiger partial charge on any atom is 0.137 e. The average molecular weight is 295 g/mol. The van der Waals surface area contributed by atoms with E-state index >= 15 is 0 Å². The number of carbonyl (C=O) groups excluding carboxylic acids is 1. The van der Waals surface area contributed by atoms with E-state index < -0.39 is 0 Å². The Balaban J connectivity index is 1.74. The van der Waals surface area contributed by atoms with Crippen molar-refractivity contribution in [1.82, 2.24) is 14.7 Å². The number of carbonyl (C=O) groups is 1. The molecule has 4 heteroatoms. The molecule has 0 bridgehead atoms. The molecule has 1 saturated heterocycles. The molecule has 1 aliphatic heterocycles. The highest BCUT2D eigenvalue weighted by Crippen LogP contribution is 2.31. The van der Waals surface area contributed by atoms with Gasteiger partial charge in [-0.1, -0.05) is 13.8 Å². The number of ketones is 1. The van der Waals surface area contributed by atoms with E-state index in [4.69, 9.17) is 0 Å². The SMILES string of the molecule is CC1CC(=O)C(CN2CCN(CCN(C)C)CC2)C(C)C1. The molecule has 122 valence electrons. The largest absolute Gasteiger partial charge is 0.308 e. The Morgan fingerprint density at radius 3 is 2.29 bits per heavy atom. The minimum atomic E-state index is 0.287. The summed E-state index contributed by atoms with van der Waals surface area (Å²) >= 11 is 0. The number of hydrogen-bond donors (Lipinski definition) is 0. The molecular weight excluding hydrogens is 262 g/mol. The first-order valence-electron chi connectivity index (χ1n) is 8.58. The van der Waals surface area contributed by atoms with Gasteiger partial charge in [0.05, 0.1) is 0 Å². The molecule has 1 saturated carbocycles. The van der Waals surface area contributed by atoms with Crippen LogP contribution in [-0.2, 0) is 4.79 Å². The van der Waals surface area contributed by atoms with Crippen LogP contribution in [-0.4, -0.2) is 80.4 Å². The lowest BCUT2D eigenvalue weighted by atomic mass is 9.74. The van der Waals surface area contributed by atoms with Crippen molar-refractivity contribution >= 4 is 5.78 Å². The zero-order chi connectivity index (χ0) is 15.4. The maximum absolute atomic E-state index is 12.3. The van der Waals surface area contributed by atoms with Gasteiger partial charge in [0.15, 0.2) is 0 Å². The molecule has 2 rings (SSSR count). The van der Waals surface area contributed by atoms with Crippen molar-refractivity contribution in [3.63, 3.8) is 0 Å². The fourth-order valence-corrected chi connectivity index (χ4v) is 3.79. The molecule has 0 N–H and O–H groups in total. The number of hydrogen-bond acceptors (Lipinski definition) is 4. The van der Waals surface area contributed by atoms with Crippen LogP contribution in [0.2, 0.25) is 0 Å². The van der Waals surface area contributed by atoms with Gasteiger partial charge >= 0.3 is 0 Å². The smallest absolute Gasteiger partial charge is 0.137 e. The van der Waals surface area contributed by atoms with Crippen LogP contribution in [0, 0.1) is 17.8 Å². The monoisotopic (exact) mass is 295 g/mol. The van der Waals surface area contributed by atoms with Crippen LogP contribution in [0.15, 0.2) is 0 Å². The normalized spacial score (nSPS) is 32.8. The fraction of sp³-hybridized carbons (Fsp3) is 0.941. The Bertz CT molecular complexity index is 337. The topological polar surface area (TPSA) is 26.8 Å². The predicted molar refractivity (Wildman–Crippen MR) is 87.5 cm³/mol. The molecule has 3 atom stereocenters. The van der Waals surface area contributed by atoms with E-state index in [-0.39, 0.29) is 5.92 Å². The van der Waals surface area contributed by atoms with Crippen LogP contribution < -0.4 is 0 Å². The summed E-state index contributed by atoms with van der Waals surface area (Å²) in [6, 6.07) is 0. The van der Waals surface area contributed by atoms with Gasteiger partial charge in [0, 0.05) is 58.2 Å². The number of Topliss-reactive ketones (excluding diaryl/α,β-unsaturated/α-hetero) is 1. The highest BCUT2D eigenvalue weighted by atomic mass is 16.1. The molecule has 0 aromatic carbocycles. The lowest BCUT2D eigenvalue weighted by Crippen LogP contribution is -2.50. The Hall–Kier alpha value is -0.450. The van der Waals surface area contributed by atoms with Crippen molar-refractivity contribution in [3.05, 3.63) is 0 Å². The maximum atomic E-state index is 12.3. The standard InChI is InChI=1S/C17H33N3O/c1-14-11-15(2)16(17(21)12-14)13-20-9-7-19(8-10-20)6-5-18(3)4/h14-16H,5-13H2,1-4H3. The van der Waals surface area contributed by atoms with Crippen LogP contribution in [0.25, 0.3) is 0 Å². The molecule has 0 spiro atoms. The van der Waals surface area contributed by atoms with E-state index in [1.54, 1.807) is 0 Å². The molecule has 2 fully saturated rings. The predicted octanol–water partition coefficient (Wildman–Crippen LogP) is 1.42. The minimum Gasteiger partial charge on any atom is -0.308 e. The van der Waals surface area contributed by atoms with Crippen LogP contribution >= 0.6 is 0 Å². The molecule has 2 aliphatic rings. The zero-order valence-corrected chi connectivity index (χ0v) is 14.3. The van der Waals surface area contributed by atoms with Crippen molar-refractivity contribution in [1.29, 1.82) is 0 Å². The van der Waals surface area contributed by atoms with Crippen LogP contribution in [0.5, 0.6) is 0 Å². The van der Waals surface area contributed by atoms with Gasteiger partial charge in [0.25, 0.3) is 0 Å². The van der Waals surface area contributed by atoms with Gasteiger partial charge in [-0.3, -0.25) is 9.69 Å². The Morgan fingerprint density at radius 1 is 1.10 bits per heavy atom. The molecule has 0 amide bonds. The molecule has 0 radical (unpaired) electrons. The number of rotatable bonds is 5. The lowest BCUT2D eigenvalue weighted by molar-refractivity contribution is -0.128. The quantitative estimate of drug-likeness (QED) is 0.766. The van der Waals surface area contributed by atoms with E-state index in [0.29, 0.717) is 17.6 Å². The van der Waals surface area contributed by atoms with Crippen LogP contribution in [0.1, 0.15) is 26.7 Å². The van der Waals surface area contributed by atoms with Gasteiger partial charge in [0.1, 0.15) is 5.78 Å². The van der Waals surface area contributed by atoms with E-state index in [1.807, 2.05) is 0 Å². The zero-order valence-electron chi connectivity index (χ0n) is 14.3. The average Bonchev–Trinajstić information content (AvgIpc) is 2.41. The van der Waals surface area contributed by atoms with E-state index in [9.17, 15) is 4.79 Å². The van der Waals surface area contributed by atoms with Crippen molar-refractivity contribution in [3.8, 4) is 0 Å². The van der Waals surface area contributed by atoms with Crippen molar-refractivity contribution in [2.24, 2.45) is 17.8 Å². The summed E-state index contributed by atoms with van der Waals surface area (Å²) in [7, 11) is 4.26. The summed E-state index contributed by atoms with van der Waals surface area (Å²) in [4.78, 5) is 19.6. The number of likely N-dealkylation sites (N-methyl/N-ethyl adjacent to an activating group) is 1. The summed E-state index contributed by atoms with van der Waals surface area (Å²) in [5.41, 5.74) is 0. The lowest BCUT2D eigenvalue weighted by Gasteiger charge is -2.39. The molecule has 21 heavy (non-hydrogen) atoms. The first-order valence-corrected chi connectivity index (χ1v) is 8.58. The molecule has 1 aliphatic carbocycles. The van der Waals surface area contributed by atoms with E-state index in [1.165, 1.54) is 6.42 Å². The van der Waals surface area contributed by atoms with Crippen LogP contribution in [0.3, 0.4) is 0 Å². The first kappa shape index (κ1) is 16.9. The highest BCUT2D eigenvalue weighted by molar-refractivity contribution is 5.82. The second-order valence-electron chi connectivity index (χ2n) is 7.54.